The molecule has 0 saturated carbocycles. The van der Waals surface area contributed by atoms with Crippen LogP contribution in [0.15, 0.2) is 29.2 Å². The molecule has 1 aromatic rings. The van der Waals surface area contributed by atoms with Gasteiger partial charge in [0.25, 0.3) is 5.91 Å². The second kappa shape index (κ2) is 9.31. The number of carbonyl (C=O) groups is 3. The van der Waals surface area contributed by atoms with Crippen LogP contribution in [-0.2, 0) is 29.1 Å². The monoisotopic (exact) mass is 455 g/mol. The number of halogens is 1. The Morgan fingerprint density at radius 1 is 1.13 bits per heavy atom. The standard InChI is InChI=1S/C20H26FN3O6S/c1-14(2)24-12-15(11-18(24)25)20(27)30-13-19(26)22-7-9-23(10-8-22)31(28,29)17-5-3-16(21)4-6-17/h3-6,14-15H,7-13H2,1-2H3. The lowest BCUT2D eigenvalue weighted by Gasteiger charge is -2.33. The van der Waals surface area contributed by atoms with Gasteiger partial charge in [0.2, 0.25) is 15.9 Å². The van der Waals surface area contributed by atoms with Crippen molar-refractivity contribution >= 4 is 27.8 Å². The van der Waals surface area contributed by atoms with E-state index in [0.717, 1.165) is 12.1 Å². The van der Waals surface area contributed by atoms with Gasteiger partial charge in [0.1, 0.15) is 5.82 Å². The fraction of sp³-hybridized carbons (Fsp3) is 0.550. The van der Waals surface area contributed by atoms with Gasteiger partial charge in [-0.05, 0) is 38.1 Å². The summed E-state index contributed by atoms with van der Waals surface area (Å²) in [5.41, 5.74) is 0. The van der Waals surface area contributed by atoms with E-state index in [0.29, 0.717) is 0 Å². The van der Waals surface area contributed by atoms with Crippen molar-refractivity contribution in [3.05, 3.63) is 30.1 Å². The van der Waals surface area contributed by atoms with Crippen molar-refractivity contribution in [1.29, 1.82) is 0 Å². The SMILES string of the molecule is CC(C)N1CC(C(=O)OCC(=O)N2CCN(S(=O)(=O)c3ccc(F)cc3)CC2)CC1=O. The molecule has 2 saturated heterocycles. The van der Waals surface area contributed by atoms with Crippen LogP contribution in [0.25, 0.3) is 0 Å². The van der Waals surface area contributed by atoms with Crippen molar-refractivity contribution in [2.45, 2.75) is 31.2 Å². The number of ether oxygens (including phenoxy) is 1. The quantitative estimate of drug-likeness (QED) is 0.577. The molecule has 0 bridgehead atoms. The molecule has 1 aromatic carbocycles. The average molecular weight is 456 g/mol. The van der Waals surface area contributed by atoms with Crippen molar-refractivity contribution in [3.63, 3.8) is 0 Å². The Labute approximate surface area is 180 Å². The third-order valence-corrected chi connectivity index (χ3v) is 7.41. The normalized spacial score (nSPS) is 20.4. The summed E-state index contributed by atoms with van der Waals surface area (Å²) in [7, 11) is -3.78. The van der Waals surface area contributed by atoms with Gasteiger partial charge < -0.3 is 14.5 Å². The van der Waals surface area contributed by atoms with Crippen LogP contribution in [0.4, 0.5) is 4.39 Å². The molecule has 0 aliphatic carbocycles. The molecule has 31 heavy (non-hydrogen) atoms. The summed E-state index contributed by atoms with van der Waals surface area (Å²) in [4.78, 5) is 39.6. The zero-order valence-corrected chi connectivity index (χ0v) is 18.3. The molecule has 0 aromatic heterocycles. The van der Waals surface area contributed by atoms with E-state index < -0.39 is 40.2 Å². The third-order valence-electron chi connectivity index (χ3n) is 5.50. The van der Waals surface area contributed by atoms with E-state index in [1.54, 1.807) is 4.90 Å². The minimum absolute atomic E-state index is 0.00517. The molecule has 11 heteroatoms. The Morgan fingerprint density at radius 2 is 1.74 bits per heavy atom. The van der Waals surface area contributed by atoms with Crippen LogP contribution in [-0.4, -0.2) is 85.7 Å². The van der Waals surface area contributed by atoms with Crippen LogP contribution in [0.1, 0.15) is 20.3 Å². The summed E-state index contributed by atoms with van der Waals surface area (Å²) in [6.07, 6.45) is 0.0745. The maximum atomic E-state index is 13.1. The highest BCUT2D eigenvalue weighted by Crippen LogP contribution is 2.22. The smallest absolute Gasteiger partial charge is 0.311 e. The Bertz CT molecular complexity index is 942. The molecule has 2 heterocycles. The zero-order chi connectivity index (χ0) is 22.8. The Kier molecular flexibility index (Phi) is 6.95. The van der Waals surface area contributed by atoms with Crippen LogP contribution in [0.2, 0.25) is 0 Å². The van der Waals surface area contributed by atoms with E-state index in [-0.39, 0.29) is 56.0 Å². The summed E-state index contributed by atoms with van der Waals surface area (Å²) in [5.74, 6) is -2.22. The van der Waals surface area contributed by atoms with Gasteiger partial charge >= 0.3 is 5.97 Å². The topological polar surface area (TPSA) is 104 Å². The van der Waals surface area contributed by atoms with Gasteiger partial charge in [0.15, 0.2) is 6.61 Å². The van der Waals surface area contributed by atoms with E-state index in [1.807, 2.05) is 13.8 Å². The molecular formula is C20H26FN3O6S. The number of hydrogen-bond acceptors (Lipinski definition) is 6. The molecule has 0 spiro atoms. The molecule has 0 radical (unpaired) electrons. The first-order chi connectivity index (χ1) is 14.6. The lowest BCUT2D eigenvalue weighted by molar-refractivity contribution is -0.155. The van der Waals surface area contributed by atoms with Crippen molar-refractivity contribution in [2.75, 3.05) is 39.3 Å². The fourth-order valence-corrected chi connectivity index (χ4v) is 5.09. The molecule has 2 aliphatic heterocycles. The molecule has 2 amide bonds. The fourth-order valence-electron chi connectivity index (χ4n) is 3.66. The predicted octanol–water partition coefficient (Wildman–Crippen LogP) is 0.459. The second-order valence-electron chi connectivity index (χ2n) is 7.89. The molecule has 9 nitrogen and oxygen atoms in total. The maximum Gasteiger partial charge on any atom is 0.311 e. The molecule has 2 fully saturated rings. The molecule has 1 atom stereocenters. The summed E-state index contributed by atoms with van der Waals surface area (Å²) >= 11 is 0. The van der Waals surface area contributed by atoms with Gasteiger partial charge in [-0.15, -0.1) is 0 Å². The van der Waals surface area contributed by atoms with E-state index in [1.165, 1.54) is 21.3 Å². The number of likely N-dealkylation sites (tertiary alicyclic amines) is 1. The molecule has 170 valence electrons. The van der Waals surface area contributed by atoms with Gasteiger partial charge in [-0.25, -0.2) is 12.8 Å². The molecular weight excluding hydrogens is 429 g/mol. The van der Waals surface area contributed by atoms with Gasteiger partial charge in [-0.2, -0.15) is 4.31 Å². The highest BCUT2D eigenvalue weighted by molar-refractivity contribution is 7.89. The van der Waals surface area contributed by atoms with Crippen LogP contribution in [0.5, 0.6) is 0 Å². The highest BCUT2D eigenvalue weighted by Gasteiger charge is 2.37. The summed E-state index contributed by atoms with van der Waals surface area (Å²) in [5, 5.41) is 0. The first kappa shape index (κ1) is 23.1. The zero-order valence-electron chi connectivity index (χ0n) is 17.5. The third kappa shape index (κ3) is 5.21. The Hall–Kier alpha value is -2.53. The average Bonchev–Trinajstić information content (AvgIpc) is 3.14. The van der Waals surface area contributed by atoms with Gasteiger partial charge in [-0.3, -0.25) is 14.4 Å². The van der Waals surface area contributed by atoms with E-state index in [4.69, 9.17) is 4.74 Å². The summed E-state index contributed by atoms with van der Waals surface area (Å²) in [6, 6.07) is 4.57. The predicted molar refractivity (Wildman–Crippen MR) is 108 cm³/mol. The summed E-state index contributed by atoms with van der Waals surface area (Å²) in [6.45, 7) is 4.04. The minimum Gasteiger partial charge on any atom is -0.455 e. The number of benzene rings is 1. The first-order valence-corrected chi connectivity index (χ1v) is 11.5. The summed E-state index contributed by atoms with van der Waals surface area (Å²) < 4.78 is 44.7. The Morgan fingerprint density at radius 3 is 2.29 bits per heavy atom. The van der Waals surface area contributed by atoms with Crippen molar-refractivity contribution in [2.24, 2.45) is 5.92 Å². The Balaban J connectivity index is 1.48. The number of hydrogen-bond donors (Lipinski definition) is 0. The van der Waals surface area contributed by atoms with Gasteiger partial charge in [0, 0.05) is 45.2 Å². The van der Waals surface area contributed by atoms with Crippen molar-refractivity contribution in [3.8, 4) is 0 Å². The van der Waals surface area contributed by atoms with Gasteiger partial charge in [0.05, 0.1) is 10.8 Å². The lowest BCUT2D eigenvalue weighted by Crippen LogP contribution is -2.51. The van der Waals surface area contributed by atoms with Crippen LogP contribution in [0, 0.1) is 11.7 Å². The highest BCUT2D eigenvalue weighted by atomic mass is 32.2. The largest absolute Gasteiger partial charge is 0.455 e. The van der Waals surface area contributed by atoms with E-state index in [2.05, 4.69) is 0 Å². The van der Waals surface area contributed by atoms with E-state index in [9.17, 15) is 27.2 Å². The van der Waals surface area contributed by atoms with Crippen LogP contribution >= 0.6 is 0 Å². The lowest BCUT2D eigenvalue weighted by atomic mass is 10.1. The molecule has 2 aliphatic rings. The number of piperazine rings is 1. The van der Waals surface area contributed by atoms with Crippen molar-refractivity contribution < 1.29 is 31.9 Å². The van der Waals surface area contributed by atoms with E-state index >= 15 is 0 Å². The number of carbonyl (C=O) groups excluding carboxylic acids is 3. The molecule has 0 N–H and O–H groups in total. The number of nitrogens with zero attached hydrogens (tertiary/aromatic N) is 3. The number of esters is 1. The maximum absolute atomic E-state index is 13.1. The minimum atomic E-state index is -3.78. The van der Waals surface area contributed by atoms with Gasteiger partial charge in [-0.1, -0.05) is 0 Å². The first-order valence-electron chi connectivity index (χ1n) is 10.1. The van der Waals surface area contributed by atoms with Crippen LogP contribution < -0.4 is 0 Å². The molecule has 1 unspecified atom stereocenters. The number of rotatable bonds is 6. The van der Waals surface area contributed by atoms with Crippen LogP contribution in [0.3, 0.4) is 0 Å². The second-order valence-corrected chi connectivity index (χ2v) is 9.83. The van der Waals surface area contributed by atoms with Crippen molar-refractivity contribution in [1.82, 2.24) is 14.1 Å². The molecule has 3 rings (SSSR count). The number of sulfonamides is 1. The number of amides is 2.